The van der Waals surface area contributed by atoms with Crippen LogP contribution in [0.2, 0.25) is 0 Å². The molecule has 2 nitrogen and oxygen atoms in total. The summed E-state index contributed by atoms with van der Waals surface area (Å²) >= 11 is 0. The second-order valence-corrected chi connectivity index (χ2v) is 5.88. The van der Waals surface area contributed by atoms with Crippen LogP contribution in [-0.4, -0.2) is 4.98 Å². The molecule has 1 aromatic carbocycles. The van der Waals surface area contributed by atoms with Crippen LogP contribution in [0.4, 0.5) is 0 Å². The average molecular weight is 266 g/mol. The lowest BCUT2D eigenvalue weighted by Gasteiger charge is -2.31. The predicted octanol–water partition coefficient (Wildman–Crippen LogP) is 3.82. The molecule has 3 rings (SSSR count). The third-order valence-corrected chi connectivity index (χ3v) is 4.55. The minimum atomic E-state index is 0.0464. The first kappa shape index (κ1) is 13.3. The van der Waals surface area contributed by atoms with E-state index < -0.39 is 0 Å². The van der Waals surface area contributed by atoms with E-state index >= 15 is 0 Å². The fourth-order valence-corrected chi connectivity index (χ4v) is 3.55. The van der Waals surface area contributed by atoms with Gasteiger partial charge in [0.05, 0.1) is 0 Å². The molecule has 2 unspecified atom stereocenters. The van der Waals surface area contributed by atoms with Crippen molar-refractivity contribution >= 4 is 0 Å². The van der Waals surface area contributed by atoms with Crippen molar-refractivity contribution in [3.63, 3.8) is 0 Å². The maximum Gasteiger partial charge on any atom is 0.0485 e. The van der Waals surface area contributed by atoms with Crippen LogP contribution in [0.5, 0.6) is 0 Å². The van der Waals surface area contributed by atoms with Crippen LogP contribution in [0.15, 0.2) is 36.5 Å². The van der Waals surface area contributed by atoms with E-state index in [1.165, 1.54) is 34.4 Å². The summed E-state index contributed by atoms with van der Waals surface area (Å²) in [5.74, 6) is 0.347. The predicted molar refractivity (Wildman–Crippen MR) is 82.8 cm³/mol. The third-order valence-electron chi connectivity index (χ3n) is 4.55. The first-order valence-electron chi connectivity index (χ1n) is 7.44. The number of nitrogens with zero attached hydrogens (tertiary/aromatic N) is 1. The zero-order valence-electron chi connectivity index (χ0n) is 12.3. The lowest BCUT2D eigenvalue weighted by Crippen LogP contribution is -2.26. The Bertz CT molecular complexity index is 598. The summed E-state index contributed by atoms with van der Waals surface area (Å²) in [7, 11) is 0. The van der Waals surface area contributed by atoms with E-state index in [-0.39, 0.29) is 6.04 Å². The van der Waals surface area contributed by atoms with Gasteiger partial charge in [0.2, 0.25) is 0 Å². The van der Waals surface area contributed by atoms with Crippen LogP contribution in [0.25, 0.3) is 0 Å². The molecule has 0 radical (unpaired) electrons. The fraction of sp³-hybridized carbons (Fsp3) is 0.389. The van der Waals surface area contributed by atoms with Gasteiger partial charge in [-0.2, -0.15) is 0 Å². The average Bonchev–Trinajstić information content (AvgIpc) is 2.46. The molecule has 0 aliphatic heterocycles. The van der Waals surface area contributed by atoms with Gasteiger partial charge in [-0.3, -0.25) is 4.98 Å². The molecule has 0 spiro atoms. The summed E-state index contributed by atoms with van der Waals surface area (Å²) in [5.41, 5.74) is 13.1. The highest BCUT2D eigenvalue weighted by Crippen LogP contribution is 2.39. The molecule has 2 N–H and O–H groups in total. The third kappa shape index (κ3) is 2.25. The standard InChI is InChI=1S/C18H22N2/c1-12-6-3-7-13(2)16(12)17(19)15-10-4-8-14-9-5-11-20-18(14)15/h3,5-7,9,11,15,17H,4,8,10,19H2,1-2H3. The number of aryl methyl sites for hydroxylation is 3. The molecule has 2 aromatic rings. The highest BCUT2D eigenvalue weighted by atomic mass is 14.7. The number of aromatic nitrogens is 1. The number of hydrogen-bond acceptors (Lipinski definition) is 2. The molecule has 0 saturated heterocycles. The monoisotopic (exact) mass is 266 g/mol. The van der Waals surface area contributed by atoms with Crippen LogP contribution in [0.1, 0.15) is 52.7 Å². The molecule has 1 aliphatic rings. The van der Waals surface area contributed by atoms with Crippen molar-refractivity contribution in [2.45, 2.75) is 45.1 Å². The van der Waals surface area contributed by atoms with Crippen molar-refractivity contribution in [1.29, 1.82) is 0 Å². The lowest BCUT2D eigenvalue weighted by atomic mass is 9.78. The second-order valence-electron chi connectivity index (χ2n) is 5.88. The van der Waals surface area contributed by atoms with Gasteiger partial charge in [0.1, 0.15) is 0 Å². The van der Waals surface area contributed by atoms with Gasteiger partial charge in [-0.25, -0.2) is 0 Å². The molecule has 2 atom stereocenters. The van der Waals surface area contributed by atoms with E-state index in [1.807, 2.05) is 12.3 Å². The van der Waals surface area contributed by atoms with Gasteiger partial charge in [-0.15, -0.1) is 0 Å². The summed E-state index contributed by atoms with van der Waals surface area (Å²) in [4.78, 5) is 4.63. The number of hydrogen-bond donors (Lipinski definition) is 1. The van der Waals surface area contributed by atoms with Crippen LogP contribution in [-0.2, 0) is 6.42 Å². The lowest BCUT2D eigenvalue weighted by molar-refractivity contribution is 0.460. The van der Waals surface area contributed by atoms with Gasteiger partial charge in [0.15, 0.2) is 0 Å². The number of rotatable bonds is 2. The van der Waals surface area contributed by atoms with Crippen LogP contribution in [0, 0.1) is 13.8 Å². The van der Waals surface area contributed by atoms with Crippen molar-refractivity contribution in [3.05, 3.63) is 64.5 Å². The van der Waals surface area contributed by atoms with Gasteiger partial charge >= 0.3 is 0 Å². The van der Waals surface area contributed by atoms with Crippen LogP contribution >= 0.6 is 0 Å². The molecule has 104 valence electrons. The van der Waals surface area contributed by atoms with Gasteiger partial charge < -0.3 is 5.73 Å². The quantitative estimate of drug-likeness (QED) is 0.897. The van der Waals surface area contributed by atoms with E-state index in [1.54, 1.807) is 0 Å². The molecular weight excluding hydrogens is 244 g/mol. The van der Waals surface area contributed by atoms with E-state index in [0.29, 0.717) is 5.92 Å². The highest BCUT2D eigenvalue weighted by molar-refractivity contribution is 5.39. The minimum Gasteiger partial charge on any atom is -0.323 e. The zero-order valence-corrected chi connectivity index (χ0v) is 12.3. The first-order chi connectivity index (χ1) is 9.68. The summed E-state index contributed by atoms with van der Waals surface area (Å²) in [5, 5.41) is 0. The van der Waals surface area contributed by atoms with E-state index in [9.17, 15) is 0 Å². The molecule has 0 amide bonds. The molecular formula is C18H22N2. The fourth-order valence-electron chi connectivity index (χ4n) is 3.55. The molecule has 0 bridgehead atoms. The Kier molecular flexibility index (Phi) is 3.58. The maximum atomic E-state index is 6.65. The van der Waals surface area contributed by atoms with E-state index in [2.05, 4.69) is 43.1 Å². The van der Waals surface area contributed by atoms with Crippen molar-refractivity contribution in [2.75, 3.05) is 0 Å². The molecule has 0 fully saturated rings. The number of pyridine rings is 1. The number of fused-ring (bicyclic) bond motifs is 1. The molecule has 1 aromatic heterocycles. The Hall–Kier alpha value is -1.67. The smallest absolute Gasteiger partial charge is 0.0485 e. The topological polar surface area (TPSA) is 38.9 Å². The Morgan fingerprint density at radius 2 is 1.90 bits per heavy atom. The highest BCUT2D eigenvalue weighted by Gasteiger charge is 2.29. The Morgan fingerprint density at radius 3 is 2.65 bits per heavy atom. The zero-order chi connectivity index (χ0) is 14.1. The molecule has 20 heavy (non-hydrogen) atoms. The minimum absolute atomic E-state index is 0.0464. The van der Waals surface area contributed by atoms with E-state index in [0.717, 1.165) is 12.8 Å². The Labute approximate surface area is 121 Å². The van der Waals surface area contributed by atoms with Crippen molar-refractivity contribution in [3.8, 4) is 0 Å². The summed E-state index contributed by atoms with van der Waals surface area (Å²) in [6.45, 7) is 4.31. The van der Waals surface area contributed by atoms with Gasteiger partial charge in [-0.1, -0.05) is 24.3 Å². The SMILES string of the molecule is Cc1cccc(C)c1C(N)C1CCCc2cccnc21. The van der Waals surface area contributed by atoms with E-state index in [4.69, 9.17) is 5.73 Å². The number of benzene rings is 1. The van der Waals surface area contributed by atoms with Crippen molar-refractivity contribution in [2.24, 2.45) is 5.73 Å². The first-order valence-corrected chi connectivity index (χ1v) is 7.44. The second kappa shape index (κ2) is 5.37. The summed E-state index contributed by atoms with van der Waals surface area (Å²) in [6.07, 6.45) is 5.38. The summed E-state index contributed by atoms with van der Waals surface area (Å²) < 4.78 is 0. The summed E-state index contributed by atoms with van der Waals surface area (Å²) in [6, 6.07) is 10.7. The Balaban J connectivity index is 2.02. The largest absolute Gasteiger partial charge is 0.323 e. The van der Waals surface area contributed by atoms with Gasteiger partial charge in [0.25, 0.3) is 0 Å². The molecule has 0 saturated carbocycles. The van der Waals surface area contributed by atoms with Crippen LogP contribution < -0.4 is 5.73 Å². The molecule has 1 heterocycles. The molecule has 2 heteroatoms. The Morgan fingerprint density at radius 1 is 1.15 bits per heavy atom. The van der Waals surface area contributed by atoms with Crippen molar-refractivity contribution < 1.29 is 0 Å². The maximum absolute atomic E-state index is 6.65. The van der Waals surface area contributed by atoms with Crippen molar-refractivity contribution in [1.82, 2.24) is 4.98 Å². The molecule has 1 aliphatic carbocycles. The van der Waals surface area contributed by atoms with Gasteiger partial charge in [-0.05, 0) is 61.4 Å². The van der Waals surface area contributed by atoms with Gasteiger partial charge in [0, 0.05) is 23.9 Å². The normalized spacial score (nSPS) is 19.4. The van der Waals surface area contributed by atoms with Crippen LogP contribution in [0.3, 0.4) is 0 Å². The number of nitrogens with two attached hydrogens (primary N) is 1.